The van der Waals surface area contributed by atoms with Gasteiger partial charge in [-0.25, -0.2) is 0 Å². The van der Waals surface area contributed by atoms with Gasteiger partial charge < -0.3 is 15.8 Å². The summed E-state index contributed by atoms with van der Waals surface area (Å²) in [5.74, 6) is 0.304. The maximum Gasteiger partial charge on any atom is 0.249 e. The van der Waals surface area contributed by atoms with Crippen molar-refractivity contribution in [2.24, 2.45) is 11.7 Å². The maximum absolute atomic E-state index is 11.9. The van der Waals surface area contributed by atoms with Crippen LogP contribution in [0.15, 0.2) is 18.5 Å². The molecule has 0 saturated carbocycles. The molecule has 3 atom stereocenters. The number of aromatic nitrogens is 2. The fourth-order valence-corrected chi connectivity index (χ4v) is 2.25. The van der Waals surface area contributed by atoms with Crippen LogP contribution in [0.4, 0.5) is 0 Å². The van der Waals surface area contributed by atoms with Gasteiger partial charge in [-0.2, -0.15) is 5.10 Å². The maximum atomic E-state index is 11.9. The molecule has 2 heterocycles. The molecule has 1 aromatic heterocycles. The fourth-order valence-electron chi connectivity index (χ4n) is 2.25. The molecule has 1 aromatic rings. The van der Waals surface area contributed by atoms with Gasteiger partial charge in [-0.05, 0) is 24.8 Å². The summed E-state index contributed by atoms with van der Waals surface area (Å²) < 4.78 is 7.42. The summed E-state index contributed by atoms with van der Waals surface area (Å²) in [6.07, 6.45) is 5.02. The molecule has 0 aliphatic carbocycles. The van der Waals surface area contributed by atoms with Crippen molar-refractivity contribution in [3.8, 4) is 0 Å². The molecule has 0 radical (unpaired) electrons. The van der Waals surface area contributed by atoms with E-state index in [4.69, 9.17) is 10.5 Å². The first-order valence-corrected chi connectivity index (χ1v) is 6.79. The summed E-state index contributed by atoms with van der Waals surface area (Å²) in [5, 5.41) is 7.08. The summed E-state index contributed by atoms with van der Waals surface area (Å²) in [6, 6.07) is 1.89. The van der Waals surface area contributed by atoms with Crippen LogP contribution in [0, 0.1) is 5.92 Å². The Hall–Kier alpha value is -1.40. The van der Waals surface area contributed by atoms with E-state index in [0.29, 0.717) is 19.0 Å². The minimum Gasteiger partial charge on any atom is -0.364 e. The number of carbonyl (C=O) groups excluding carboxylic acids is 1. The van der Waals surface area contributed by atoms with E-state index in [1.807, 2.05) is 16.9 Å². The highest BCUT2D eigenvalue weighted by molar-refractivity contribution is 5.81. The molecule has 1 fully saturated rings. The van der Waals surface area contributed by atoms with Crippen molar-refractivity contribution in [3.05, 3.63) is 18.5 Å². The number of hydrogen-bond donors (Lipinski definition) is 2. The van der Waals surface area contributed by atoms with Gasteiger partial charge in [0.15, 0.2) is 0 Å². The Balaban J connectivity index is 1.68. The third kappa shape index (κ3) is 4.04. The van der Waals surface area contributed by atoms with Crippen LogP contribution >= 0.6 is 0 Å². The second kappa shape index (κ2) is 6.68. The molecule has 1 amide bonds. The lowest BCUT2D eigenvalue weighted by Gasteiger charge is -2.16. The van der Waals surface area contributed by atoms with Crippen molar-refractivity contribution >= 4 is 5.91 Å². The van der Waals surface area contributed by atoms with Gasteiger partial charge in [0.1, 0.15) is 6.10 Å². The summed E-state index contributed by atoms with van der Waals surface area (Å²) >= 11 is 0. The van der Waals surface area contributed by atoms with Crippen molar-refractivity contribution in [1.29, 1.82) is 0 Å². The highest BCUT2D eigenvalue weighted by atomic mass is 16.5. The van der Waals surface area contributed by atoms with Crippen LogP contribution in [-0.2, 0) is 16.1 Å². The fraction of sp³-hybridized carbons (Fsp3) is 0.692. The third-order valence-corrected chi connectivity index (χ3v) is 3.35. The first kappa shape index (κ1) is 14.0. The Bertz CT molecular complexity index is 393. The number of nitrogens with two attached hydrogens (primary N) is 1. The van der Waals surface area contributed by atoms with Gasteiger partial charge in [0.2, 0.25) is 5.91 Å². The minimum atomic E-state index is -0.328. The number of rotatable bonds is 6. The molecule has 1 unspecified atom stereocenters. The van der Waals surface area contributed by atoms with Crippen molar-refractivity contribution in [1.82, 2.24) is 15.1 Å². The van der Waals surface area contributed by atoms with Crippen LogP contribution in [0.5, 0.6) is 0 Å². The minimum absolute atomic E-state index is 0.0248. The van der Waals surface area contributed by atoms with E-state index < -0.39 is 0 Å². The number of ether oxygens (including phenoxy) is 1. The van der Waals surface area contributed by atoms with Gasteiger partial charge in [-0.15, -0.1) is 0 Å². The summed E-state index contributed by atoms with van der Waals surface area (Å²) in [5.41, 5.74) is 5.53. The van der Waals surface area contributed by atoms with Crippen LogP contribution in [0.1, 0.15) is 19.8 Å². The summed E-state index contributed by atoms with van der Waals surface area (Å²) in [7, 11) is 0. The standard InChI is InChI=1S/C13H22N4O2/c1-10(9-17-6-2-5-16-17)8-15-13(18)12-4-3-11(7-14)19-12/h2,5-6,10-12H,3-4,7-9,14H2,1H3,(H,15,18)/t10?,11-,12+/m1/s1. The van der Waals surface area contributed by atoms with E-state index >= 15 is 0 Å². The average molecular weight is 266 g/mol. The van der Waals surface area contributed by atoms with Crippen LogP contribution in [0.25, 0.3) is 0 Å². The first-order valence-electron chi connectivity index (χ1n) is 6.79. The Morgan fingerprint density at radius 1 is 1.63 bits per heavy atom. The smallest absolute Gasteiger partial charge is 0.249 e. The van der Waals surface area contributed by atoms with E-state index in [9.17, 15) is 4.79 Å². The molecular formula is C13H22N4O2. The third-order valence-electron chi connectivity index (χ3n) is 3.35. The Kier molecular flexibility index (Phi) is 4.93. The van der Waals surface area contributed by atoms with Gasteiger partial charge in [0.25, 0.3) is 0 Å². The van der Waals surface area contributed by atoms with Crippen LogP contribution in [0.2, 0.25) is 0 Å². The summed E-state index contributed by atoms with van der Waals surface area (Å²) in [6.45, 7) is 4.00. The molecular weight excluding hydrogens is 244 g/mol. The summed E-state index contributed by atoms with van der Waals surface area (Å²) in [4.78, 5) is 11.9. The lowest BCUT2D eigenvalue weighted by molar-refractivity contribution is -0.132. The van der Waals surface area contributed by atoms with Crippen molar-refractivity contribution in [2.75, 3.05) is 13.1 Å². The number of amides is 1. The molecule has 1 aliphatic heterocycles. The lowest BCUT2D eigenvalue weighted by atomic mass is 10.1. The quantitative estimate of drug-likeness (QED) is 0.767. The Morgan fingerprint density at radius 2 is 2.47 bits per heavy atom. The van der Waals surface area contributed by atoms with Crippen LogP contribution in [0.3, 0.4) is 0 Å². The molecule has 0 aromatic carbocycles. The largest absolute Gasteiger partial charge is 0.364 e. The van der Waals surface area contributed by atoms with Gasteiger partial charge in [0.05, 0.1) is 6.10 Å². The molecule has 0 bridgehead atoms. The molecule has 19 heavy (non-hydrogen) atoms. The molecule has 0 spiro atoms. The van der Waals surface area contributed by atoms with Crippen molar-refractivity contribution in [3.63, 3.8) is 0 Å². The Labute approximate surface area is 113 Å². The van der Waals surface area contributed by atoms with E-state index in [1.54, 1.807) is 6.20 Å². The topological polar surface area (TPSA) is 82.2 Å². The lowest BCUT2D eigenvalue weighted by Crippen LogP contribution is -2.38. The monoisotopic (exact) mass is 266 g/mol. The highest BCUT2D eigenvalue weighted by Gasteiger charge is 2.29. The number of carbonyl (C=O) groups is 1. The van der Waals surface area contributed by atoms with Gasteiger partial charge in [-0.3, -0.25) is 9.48 Å². The van der Waals surface area contributed by atoms with E-state index in [1.165, 1.54) is 0 Å². The molecule has 3 N–H and O–H groups in total. The zero-order valence-corrected chi connectivity index (χ0v) is 11.3. The Morgan fingerprint density at radius 3 is 3.11 bits per heavy atom. The number of nitrogens with one attached hydrogen (secondary N) is 1. The van der Waals surface area contributed by atoms with Crippen LogP contribution < -0.4 is 11.1 Å². The molecule has 6 nitrogen and oxygen atoms in total. The zero-order valence-electron chi connectivity index (χ0n) is 11.3. The predicted molar refractivity (Wildman–Crippen MR) is 71.4 cm³/mol. The average Bonchev–Trinajstić information content (AvgIpc) is 3.06. The SMILES string of the molecule is CC(CNC(=O)[C@@H]1CC[C@H](CN)O1)Cn1cccn1. The number of nitrogens with zero attached hydrogens (tertiary/aromatic N) is 2. The van der Waals surface area contributed by atoms with Gasteiger partial charge >= 0.3 is 0 Å². The van der Waals surface area contributed by atoms with Crippen molar-refractivity contribution < 1.29 is 9.53 Å². The second-order valence-electron chi connectivity index (χ2n) is 5.14. The normalized spacial score (nSPS) is 24.3. The molecule has 1 saturated heterocycles. The number of hydrogen-bond acceptors (Lipinski definition) is 4. The molecule has 6 heteroatoms. The molecule has 106 valence electrons. The van der Waals surface area contributed by atoms with Crippen molar-refractivity contribution in [2.45, 2.75) is 38.5 Å². The molecule has 1 aliphatic rings. The predicted octanol–water partition coefficient (Wildman–Crippen LogP) is 0.142. The van der Waals surface area contributed by atoms with Gasteiger partial charge in [-0.1, -0.05) is 6.92 Å². The van der Waals surface area contributed by atoms with E-state index in [2.05, 4.69) is 17.3 Å². The zero-order chi connectivity index (χ0) is 13.7. The second-order valence-corrected chi connectivity index (χ2v) is 5.14. The van der Waals surface area contributed by atoms with Gasteiger partial charge in [0, 0.05) is 32.0 Å². The van der Waals surface area contributed by atoms with E-state index in [-0.39, 0.29) is 18.1 Å². The highest BCUT2D eigenvalue weighted by Crippen LogP contribution is 2.18. The first-order chi connectivity index (χ1) is 9.19. The van der Waals surface area contributed by atoms with E-state index in [0.717, 1.165) is 19.4 Å². The van der Waals surface area contributed by atoms with Crippen LogP contribution in [-0.4, -0.2) is 41.0 Å². The molecule has 2 rings (SSSR count).